The number of rotatable bonds is 2. The molecule has 1 heterocycles. The van der Waals surface area contributed by atoms with E-state index in [1.165, 1.54) is 19.2 Å². The minimum absolute atomic E-state index is 0.277. The van der Waals surface area contributed by atoms with Gasteiger partial charge in [0.15, 0.2) is 5.75 Å². The summed E-state index contributed by atoms with van der Waals surface area (Å²) < 4.78 is 19.1. The fraction of sp³-hybridized carbons (Fsp3) is 0.500. The number of likely N-dealkylation sites (N-methyl/N-ethyl adjacent to an activating group) is 1. The molecular weight excluding hydrogens is 221 g/mol. The number of nitrogen functional groups attached to an aromatic ring is 1. The summed E-state index contributed by atoms with van der Waals surface area (Å²) >= 11 is 0. The maximum absolute atomic E-state index is 13.9. The van der Waals surface area contributed by atoms with Gasteiger partial charge in [0.05, 0.1) is 12.8 Å². The maximum Gasteiger partial charge on any atom is 0.168 e. The fourth-order valence-electron chi connectivity index (χ4n) is 2.10. The smallest absolute Gasteiger partial charge is 0.168 e. The molecule has 1 aromatic rings. The van der Waals surface area contributed by atoms with E-state index in [1.807, 2.05) is 4.90 Å². The van der Waals surface area contributed by atoms with Crippen molar-refractivity contribution >= 4 is 11.4 Å². The van der Waals surface area contributed by atoms with Gasteiger partial charge < -0.3 is 20.3 Å². The van der Waals surface area contributed by atoms with Crippen LogP contribution >= 0.6 is 0 Å². The first-order valence-corrected chi connectivity index (χ1v) is 5.69. The minimum atomic E-state index is -0.277. The van der Waals surface area contributed by atoms with Crippen molar-refractivity contribution in [2.75, 3.05) is 51.0 Å². The molecule has 0 amide bonds. The number of nitrogens with two attached hydrogens (primary N) is 1. The van der Waals surface area contributed by atoms with E-state index in [1.54, 1.807) is 0 Å². The SMILES string of the molecule is COc1c(N)ccc(F)c1N1CCN(C)CC1. The van der Waals surface area contributed by atoms with Crippen LogP contribution in [0.15, 0.2) is 12.1 Å². The van der Waals surface area contributed by atoms with E-state index in [2.05, 4.69) is 11.9 Å². The van der Waals surface area contributed by atoms with Gasteiger partial charge in [-0.05, 0) is 19.2 Å². The molecule has 0 aromatic heterocycles. The van der Waals surface area contributed by atoms with Gasteiger partial charge in [0, 0.05) is 26.2 Å². The Bertz CT molecular complexity index is 403. The number of ether oxygens (including phenoxy) is 1. The molecule has 0 saturated carbocycles. The van der Waals surface area contributed by atoms with Gasteiger partial charge in [-0.2, -0.15) is 0 Å². The molecule has 17 heavy (non-hydrogen) atoms. The summed E-state index contributed by atoms with van der Waals surface area (Å²) in [5.74, 6) is 0.162. The van der Waals surface area contributed by atoms with E-state index in [9.17, 15) is 4.39 Å². The molecule has 0 atom stereocenters. The van der Waals surface area contributed by atoms with Gasteiger partial charge >= 0.3 is 0 Å². The highest BCUT2D eigenvalue weighted by Crippen LogP contribution is 2.36. The summed E-state index contributed by atoms with van der Waals surface area (Å²) in [6.07, 6.45) is 0. The third-order valence-electron chi connectivity index (χ3n) is 3.14. The largest absolute Gasteiger partial charge is 0.492 e. The Labute approximate surface area is 101 Å². The van der Waals surface area contributed by atoms with Crippen LogP contribution < -0.4 is 15.4 Å². The van der Waals surface area contributed by atoms with Gasteiger partial charge in [-0.3, -0.25) is 0 Å². The second-order valence-electron chi connectivity index (χ2n) is 4.31. The zero-order chi connectivity index (χ0) is 12.4. The average Bonchev–Trinajstić information content (AvgIpc) is 2.33. The van der Waals surface area contributed by atoms with Crippen LogP contribution in [0.4, 0.5) is 15.8 Å². The standard InChI is InChI=1S/C12H18FN3O/c1-15-5-7-16(8-6-15)11-9(13)3-4-10(14)12(11)17-2/h3-4H,5-8,14H2,1-2H3. The Morgan fingerprint density at radius 2 is 1.88 bits per heavy atom. The molecule has 0 spiro atoms. The molecule has 4 nitrogen and oxygen atoms in total. The fourth-order valence-corrected chi connectivity index (χ4v) is 2.10. The van der Waals surface area contributed by atoms with Crippen LogP contribution in [-0.2, 0) is 0 Å². The first-order chi connectivity index (χ1) is 8.13. The Morgan fingerprint density at radius 1 is 1.24 bits per heavy atom. The van der Waals surface area contributed by atoms with Crippen molar-refractivity contribution in [1.82, 2.24) is 4.90 Å². The molecule has 2 rings (SSSR count). The van der Waals surface area contributed by atoms with E-state index < -0.39 is 0 Å². The van der Waals surface area contributed by atoms with Crippen LogP contribution in [0.25, 0.3) is 0 Å². The Hall–Kier alpha value is -1.49. The maximum atomic E-state index is 13.9. The quantitative estimate of drug-likeness (QED) is 0.787. The van der Waals surface area contributed by atoms with E-state index in [-0.39, 0.29) is 5.82 Å². The van der Waals surface area contributed by atoms with E-state index in [4.69, 9.17) is 10.5 Å². The second kappa shape index (κ2) is 4.79. The van der Waals surface area contributed by atoms with Crippen LogP contribution in [0.2, 0.25) is 0 Å². The number of methoxy groups -OCH3 is 1. The lowest BCUT2D eigenvalue weighted by molar-refractivity contribution is 0.309. The molecule has 0 bridgehead atoms. The Balaban J connectivity index is 2.33. The van der Waals surface area contributed by atoms with Crippen molar-refractivity contribution in [2.24, 2.45) is 0 Å². The normalized spacial score (nSPS) is 17.2. The Morgan fingerprint density at radius 3 is 2.47 bits per heavy atom. The van der Waals surface area contributed by atoms with E-state index in [0.717, 1.165) is 26.2 Å². The molecule has 94 valence electrons. The molecule has 1 aromatic carbocycles. The molecule has 0 unspecified atom stereocenters. The van der Waals surface area contributed by atoms with Gasteiger partial charge in [-0.1, -0.05) is 0 Å². The summed E-state index contributed by atoms with van der Waals surface area (Å²) in [6.45, 7) is 3.40. The van der Waals surface area contributed by atoms with Crippen molar-refractivity contribution in [2.45, 2.75) is 0 Å². The summed E-state index contributed by atoms with van der Waals surface area (Å²) in [6, 6.07) is 2.93. The predicted octanol–water partition coefficient (Wildman–Crippen LogP) is 1.17. The van der Waals surface area contributed by atoms with Crippen molar-refractivity contribution in [3.63, 3.8) is 0 Å². The number of anilines is 2. The molecule has 1 fully saturated rings. The van der Waals surface area contributed by atoms with Crippen molar-refractivity contribution in [3.05, 3.63) is 17.9 Å². The number of benzene rings is 1. The highest BCUT2D eigenvalue weighted by Gasteiger charge is 2.22. The third-order valence-corrected chi connectivity index (χ3v) is 3.14. The lowest BCUT2D eigenvalue weighted by atomic mass is 10.2. The minimum Gasteiger partial charge on any atom is -0.492 e. The molecule has 1 aliphatic rings. The lowest BCUT2D eigenvalue weighted by Gasteiger charge is -2.35. The average molecular weight is 239 g/mol. The molecule has 5 heteroatoms. The summed E-state index contributed by atoms with van der Waals surface area (Å²) in [7, 11) is 3.58. The number of hydrogen-bond donors (Lipinski definition) is 1. The third kappa shape index (κ3) is 2.29. The molecule has 0 aliphatic carbocycles. The van der Waals surface area contributed by atoms with Crippen molar-refractivity contribution in [1.29, 1.82) is 0 Å². The molecule has 1 saturated heterocycles. The van der Waals surface area contributed by atoms with E-state index >= 15 is 0 Å². The zero-order valence-electron chi connectivity index (χ0n) is 10.2. The summed E-state index contributed by atoms with van der Waals surface area (Å²) in [5.41, 5.74) is 6.77. The van der Waals surface area contributed by atoms with E-state index in [0.29, 0.717) is 17.1 Å². The molecule has 1 aliphatic heterocycles. The van der Waals surface area contributed by atoms with Crippen molar-refractivity contribution < 1.29 is 9.13 Å². The van der Waals surface area contributed by atoms with Gasteiger partial charge in [0.25, 0.3) is 0 Å². The number of halogens is 1. The Kier molecular flexibility index (Phi) is 3.38. The highest BCUT2D eigenvalue weighted by molar-refractivity contribution is 5.71. The number of piperazine rings is 1. The van der Waals surface area contributed by atoms with Gasteiger partial charge in [-0.15, -0.1) is 0 Å². The summed E-state index contributed by atoms with van der Waals surface area (Å²) in [5, 5.41) is 0. The first kappa shape index (κ1) is 12.0. The monoisotopic (exact) mass is 239 g/mol. The van der Waals surface area contributed by atoms with Crippen LogP contribution in [0.5, 0.6) is 5.75 Å². The topological polar surface area (TPSA) is 41.7 Å². The van der Waals surface area contributed by atoms with Crippen LogP contribution in [-0.4, -0.2) is 45.2 Å². The van der Waals surface area contributed by atoms with Gasteiger partial charge in [0.1, 0.15) is 11.5 Å². The van der Waals surface area contributed by atoms with Gasteiger partial charge in [0.2, 0.25) is 0 Å². The molecular formula is C12H18FN3O. The predicted molar refractivity (Wildman–Crippen MR) is 67.1 cm³/mol. The van der Waals surface area contributed by atoms with Gasteiger partial charge in [-0.25, -0.2) is 4.39 Å². The van der Waals surface area contributed by atoms with Crippen LogP contribution in [0, 0.1) is 5.82 Å². The molecule has 2 N–H and O–H groups in total. The van der Waals surface area contributed by atoms with Crippen LogP contribution in [0.3, 0.4) is 0 Å². The highest BCUT2D eigenvalue weighted by atomic mass is 19.1. The van der Waals surface area contributed by atoms with Crippen molar-refractivity contribution in [3.8, 4) is 5.75 Å². The van der Waals surface area contributed by atoms with Crippen LogP contribution in [0.1, 0.15) is 0 Å². The summed E-state index contributed by atoms with van der Waals surface area (Å²) in [4.78, 5) is 4.21. The zero-order valence-corrected chi connectivity index (χ0v) is 10.2. The molecule has 0 radical (unpaired) electrons. The lowest BCUT2D eigenvalue weighted by Crippen LogP contribution is -2.45. The number of hydrogen-bond acceptors (Lipinski definition) is 4. The number of nitrogens with zero attached hydrogens (tertiary/aromatic N) is 2. The second-order valence-corrected chi connectivity index (χ2v) is 4.31. The first-order valence-electron chi connectivity index (χ1n) is 5.69.